The molecule has 1 atom stereocenters. The van der Waals surface area contributed by atoms with E-state index in [4.69, 9.17) is 13.9 Å². The monoisotopic (exact) mass is 496 g/mol. The molecule has 1 aromatic rings. The number of halogens is 1. The first-order valence-electron chi connectivity index (χ1n) is 10.6. The molecule has 6 heteroatoms. The minimum atomic E-state index is -2.05. The number of methoxy groups -OCH3 is 1. The molecule has 30 heavy (non-hydrogen) atoms. The lowest BCUT2D eigenvalue weighted by molar-refractivity contribution is -0.123. The number of benzene rings is 1. The van der Waals surface area contributed by atoms with Gasteiger partial charge in [-0.1, -0.05) is 34.6 Å². The predicted octanol–water partition coefficient (Wildman–Crippen LogP) is 6.92. The summed E-state index contributed by atoms with van der Waals surface area (Å²) in [5, 5.41) is 0.0751. The molecule has 0 bridgehead atoms. The summed E-state index contributed by atoms with van der Waals surface area (Å²) < 4.78 is 18.7. The van der Waals surface area contributed by atoms with E-state index >= 15 is 0 Å². The Bertz CT molecular complexity index is 821. The van der Waals surface area contributed by atoms with Gasteiger partial charge < -0.3 is 13.9 Å². The third-order valence-electron chi connectivity index (χ3n) is 6.48. The fourth-order valence-corrected chi connectivity index (χ4v) is 5.09. The second-order valence-corrected chi connectivity index (χ2v) is 15.9. The maximum Gasteiger partial charge on any atom is 0.250 e. The Hall–Kier alpha value is -1.27. The largest absolute Gasteiger partial charge is 0.543 e. The lowest BCUT2D eigenvalue weighted by atomic mass is 9.68. The number of hydrogen-bond acceptors (Lipinski definition) is 4. The molecule has 0 radical (unpaired) electrons. The number of allylic oxidation sites excluding steroid dienone is 2. The van der Waals surface area contributed by atoms with E-state index < -0.39 is 8.32 Å². The van der Waals surface area contributed by atoms with Gasteiger partial charge in [-0.3, -0.25) is 4.79 Å². The Morgan fingerprint density at radius 1 is 1.20 bits per heavy atom. The van der Waals surface area contributed by atoms with E-state index in [1.165, 1.54) is 0 Å². The summed E-state index contributed by atoms with van der Waals surface area (Å²) in [7, 11) is -0.389. The predicted molar refractivity (Wildman–Crippen MR) is 129 cm³/mol. The summed E-state index contributed by atoms with van der Waals surface area (Å²) in [6.45, 7) is 18.0. The van der Waals surface area contributed by atoms with Crippen molar-refractivity contribution in [2.75, 3.05) is 13.7 Å². The molecular formula is C24H37BrO4Si. The molecule has 2 rings (SSSR count). The second-order valence-electron chi connectivity index (χ2n) is 10.3. The van der Waals surface area contributed by atoms with Crippen molar-refractivity contribution >= 4 is 30.0 Å². The zero-order chi connectivity index (χ0) is 22.9. The summed E-state index contributed by atoms with van der Waals surface area (Å²) in [5.41, 5.74) is 0.810. The van der Waals surface area contributed by atoms with Crippen LogP contribution in [0.25, 0.3) is 0 Å². The van der Waals surface area contributed by atoms with Gasteiger partial charge in [-0.25, -0.2) is 0 Å². The number of ether oxygens (including phenoxy) is 2. The molecule has 168 valence electrons. The third-order valence-corrected chi connectivity index (χ3v) is 11.4. The highest BCUT2D eigenvalue weighted by molar-refractivity contribution is 9.10. The highest BCUT2D eigenvalue weighted by Gasteiger charge is 2.42. The summed E-state index contributed by atoms with van der Waals surface area (Å²) in [4.78, 5) is 13.0. The van der Waals surface area contributed by atoms with Crippen LogP contribution in [0, 0.1) is 11.3 Å². The van der Waals surface area contributed by atoms with Crippen molar-refractivity contribution in [3.63, 3.8) is 0 Å². The van der Waals surface area contributed by atoms with Crippen LogP contribution in [0.15, 0.2) is 28.4 Å². The maximum absolute atomic E-state index is 13.0. The third kappa shape index (κ3) is 5.50. The lowest BCUT2D eigenvalue weighted by Gasteiger charge is -2.39. The zero-order valence-electron chi connectivity index (χ0n) is 19.9. The number of carbonyl (C=O) groups is 1. The molecule has 0 amide bonds. The molecule has 0 saturated carbocycles. The minimum absolute atomic E-state index is 0.0751. The highest BCUT2D eigenvalue weighted by atomic mass is 79.9. The second kappa shape index (κ2) is 9.07. The van der Waals surface area contributed by atoms with E-state index in [1.54, 1.807) is 13.2 Å². The van der Waals surface area contributed by atoms with Gasteiger partial charge in [0.1, 0.15) is 17.3 Å². The van der Waals surface area contributed by atoms with Crippen LogP contribution in [-0.2, 0) is 16.0 Å². The Labute approximate surface area is 191 Å². The van der Waals surface area contributed by atoms with Crippen molar-refractivity contribution in [1.29, 1.82) is 0 Å². The molecule has 1 aliphatic rings. The zero-order valence-corrected chi connectivity index (χ0v) is 22.5. The van der Waals surface area contributed by atoms with Crippen LogP contribution in [0.5, 0.6) is 11.5 Å². The topological polar surface area (TPSA) is 44.8 Å². The summed E-state index contributed by atoms with van der Waals surface area (Å²) >= 11 is 3.60. The molecular weight excluding hydrogens is 460 g/mol. The van der Waals surface area contributed by atoms with Gasteiger partial charge in [0, 0.05) is 18.4 Å². The molecule has 0 spiro atoms. The molecule has 1 unspecified atom stereocenters. The Morgan fingerprint density at radius 3 is 2.33 bits per heavy atom. The molecule has 0 N–H and O–H groups in total. The summed E-state index contributed by atoms with van der Waals surface area (Å²) in [6.07, 6.45) is 3.04. The van der Waals surface area contributed by atoms with Crippen LogP contribution in [0.1, 0.15) is 53.5 Å². The minimum Gasteiger partial charge on any atom is -0.543 e. The van der Waals surface area contributed by atoms with Crippen molar-refractivity contribution in [3.8, 4) is 11.5 Å². The lowest BCUT2D eigenvalue weighted by Crippen LogP contribution is -2.44. The van der Waals surface area contributed by atoms with Gasteiger partial charge in [0.05, 0.1) is 18.2 Å². The smallest absolute Gasteiger partial charge is 0.250 e. The van der Waals surface area contributed by atoms with Gasteiger partial charge >= 0.3 is 0 Å². The van der Waals surface area contributed by atoms with E-state index in [-0.39, 0.29) is 22.2 Å². The quantitative estimate of drug-likeness (QED) is 0.384. The molecule has 0 aliphatic heterocycles. The highest BCUT2D eigenvalue weighted by Crippen LogP contribution is 2.45. The van der Waals surface area contributed by atoms with Gasteiger partial charge in [-0.15, -0.1) is 0 Å². The molecule has 0 aromatic heterocycles. The van der Waals surface area contributed by atoms with Crippen LogP contribution in [0.4, 0.5) is 0 Å². The molecule has 0 fully saturated rings. The average Bonchev–Trinajstić information content (AvgIpc) is 2.58. The van der Waals surface area contributed by atoms with E-state index in [9.17, 15) is 4.79 Å². The Balaban J connectivity index is 2.46. The van der Waals surface area contributed by atoms with Gasteiger partial charge in [-0.2, -0.15) is 0 Å². The van der Waals surface area contributed by atoms with Gasteiger partial charge in [0.15, 0.2) is 5.78 Å². The summed E-state index contributed by atoms with van der Waals surface area (Å²) in [6, 6.07) is 4.01. The molecule has 0 heterocycles. The maximum atomic E-state index is 13.0. The van der Waals surface area contributed by atoms with Crippen LogP contribution in [0.2, 0.25) is 18.1 Å². The van der Waals surface area contributed by atoms with Crippen LogP contribution in [0.3, 0.4) is 0 Å². The number of hydrogen-bond donors (Lipinski definition) is 0. The molecule has 1 aliphatic carbocycles. The first-order valence-corrected chi connectivity index (χ1v) is 14.3. The Morgan fingerprint density at radius 2 is 1.83 bits per heavy atom. The van der Waals surface area contributed by atoms with Gasteiger partial charge in [0.2, 0.25) is 8.32 Å². The van der Waals surface area contributed by atoms with E-state index in [2.05, 4.69) is 63.6 Å². The molecule has 0 saturated heterocycles. The fraction of sp³-hybridized carbons (Fsp3) is 0.625. The Kier molecular flexibility index (Phi) is 7.56. The first kappa shape index (κ1) is 25.0. The molecule has 1 aromatic carbocycles. The van der Waals surface area contributed by atoms with Crippen molar-refractivity contribution in [1.82, 2.24) is 0 Å². The van der Waals surface area contributed by atoms with Crippen molar-refractivity contribution in [3.05, 3.63) is 34.0 Å². The number of carbonyl (C=O) groups excluding carboxylic acids is 1. The van der Waals surface area contributed by atoms with E-state index in [0.29, 0.717) is 13.0 Å². The average molecular weight is 498 g/mol. The van der Waals surface area contributed by atoms with E-state index in [0.717, 1.165) is 33.7 Å². The SMILES string of the molecule is CCOC1=CC(=O)C(Cc2cc(OC)c(Br)cc2O[Si](C)(C)C(C)(C)C)C(C)(C)C1. The van der Waals surface area contributed by atoms with Gasteiger partial charge in [-0.05, 0) is 70.5 Å². The number of rotatable bonds is 7. The van der Waals surface area contributed by atoms with Gasteiger partial charge in [0.25, 0.3) is 0 Å². The van der Waals surface area contributed by atoms with Crippen molar-refractivity contribution in [2.45, 2.75) is 72.5 Å². The van der Waals surface area contributed by atoms with Crippen LogP contribution >= 0.6 is 15.9 Å². The molecule has 4 nitrogen and oxygen atoms in total. The van der Waals surface area contributed by atoms with Crippen molar-refractivity contribution < 1.29 is 18.7 Å². The van der Waals surface area contributed by atoms with Crippen LogP contribution < -0.4 is 9.16 Å². The summed E-state index contributed by atoms with van der Waals surface area (Å²) in [5.74, 6) is 2.36. The normalized spacial score (nSPS) is 19.3. The standard InChI is InChI=1S/C24H37BrO4Si/c1-10-28-17-13-20(26)18(24(5,6)15-17)11-16-12-22(27-7)19(25)14-21(16)29-30(8,9)23(2,3)4/h12-14,18H,10-11,15H2,1-9H3. The first-order chi connectivity index (χ1) is 13.7. The fourth-order valence-electron chi connectivity index (χ4n) is 3.56. The van der Waals surface area contributed by atoms with Crippen LogP contribution in [-0.4, -0.2) is 27.8 Å². The van der Waals surface area contributed by atoms with Crippen molar-refractivity contribution in [2.24, 2.45) is 11.3 Å². The van der Waals surface area contributed by atoms with E-state index in [1.807, 2.05) is 19.1 Å². The number of ketones is 1.